The molecule has 0 bridgehead atoms. The Kier molecular flexibility index (Phi) is 8.90. The molecule has 0 radical (unpaired) electrons. The molecule has 5 nitrogen and oxygen atoms in total. The second-order valence-electron chi connectivity index (χ2n) is 7.68. The molecule has 2 rings (SSSR count). The second kappa shape index (κ2) is 10.9. The molecule has 1 saturated heterocycles. The van der Waals surface area contributed by atoms with Crippen LogP contribution in [0.3, 0.4) is 0 Å². The Hall–Kier alpha value is -1.46. The minimum Gasteiger partial charge on any atom is -0.481 e. The number of carbonyl (C=O) groups excluding carboxylic acids is 1. The van der Waals surface area contributed by atoms with Gasteiger partial charge in [0.15, 0.2) is 0 Å². The SMILES string of the molecule is CCCCC(CC)CN1CC(CC(=O)O)CN(Cc2ccc(Cl)cc2Cl)C1=O. The van der Waals surface area contributed by atoms with E-state index in [4.69, 9.17) is 23.2 Å². The van der Waals surface area contributed by atoms with E-state index in [0.29, 0.717) is 42.1 Å². The molecule has 1 fully saturated rings. The first-order valence-electron chi connectivity index (χ1n) is 10.0. The van der Waals surface area contributed by atoms with Crippen molar-refractivity contribution in [1.82, 2.24) is 9.80 Å². The first-order chi connectivity index (χ1) is 13.3. The van der Waals surface area contributed by atoms with Gasteiger partial charge in [0, 0.05) is 42.1 Å². The number of benzene rings is 1. The largest absolute Gasteiger partial charge is 0.481 e. The fourth-order valence-corrected chi connectivity index (χ4v) is 4.25. The third-order valence-electron chi connectivity index (χ3n) is 5.36. The van der Waals surface area contributed by atoms with Crippen LogP contribution in [0.4, 0.5) is 4.79 Å². The molecule has 0 aliphatic carbocycles. The van der Waals surface area contributed by atoms with Crippen LogP contribution in [0, 0.1) is 11.8 Å². The predicted molar refractivity (Wildman–Crippen MR) is 113 cm³/mol. The lowest BCUT2D eigenvalue weighted by molar-refractivity contribution is -0.138. The molecule has 28 heavy (non-hydrogen) atoms. The number of unbranched alkanes of at least 4 members (excludes halogenated alkanes) is 1. The van der Waals surface area contributed by atoms with Crippen LogP contribution in [-0.2, 0) is 11.3 Å². The van der Waals surface area contributed by atoms with Crippen molar-refractivity contribution >= 4 is 35.2 Å². The van der Waals surface area contributed by atoms with E-state index in [1.165, 1.54) is 0 Å². The lowest BCUT2D eigenvalue weighted by atomic mass is 9.96. The van der Waals surface area contributed by atoms with Crippen LogP contribution < -0.4 is 0 Å². The van der Waals surface area contributed by atoms with Crippen molar-refractivity contribution in [1.29, 1.82) is 0 Å². The number of aliphatic carboxylic acids is 1. The summed E-state index contributed by atoms with van der Waals surface area (Å²) in [7, 11) is 0. The number of carbonyl (C=O) groups is 2. The van der Waals surface area contributed by atoms with E-state index >= 15 is 0 Å². The Morgan fingerprint density at radius 1 is 1.25 bits per heavy atom. The summed E-state index contributed by atoms with van der Waals surface area (Å²) < 4.78 is 0. The van der Waals surface area contributed by atoms with E-state index in [-0.39, 0.29) is 18.4 Å². The standard InChI is InChI=1S/C21H30Cl2N2O3/c1-3-5-6-15(4-2)11-24-12-16(9-20(26)27)13-25(21(24)28)14-17-7-8-18(22)10-19(17)23/h7-8,10,15-16H,3-6,9,11-14H2,1-2H3,(H,26,27). The van der Waals surface area contributed by atoms with E-state index in [2.05, 4.69) is 13.8 Å². The van der Waals surface area contributed by atoms with Gasteiger partial charge >= 0.3 is 12.0 Å². The van der Waals surface area contributed by atoms with E-state index in [1.807, 2.05) is 11.0 Å². The second-order valence-corrected chi connectivity index (χ2v) is 8.53. The van der Waals surface area contributed by atoms with Crippen molar-refractivity contribution in [2.24, 2.45) is 11.8 Å². The highest BCUT2D eigenvalue weighted by atomic mass is 35.5. The summed E-state index contributed by atoms with van der Waals surface area (Å²) in [5, 5.41) is 10.3. The zero-order valence-electron chi connectivity index (χ0n) is 16.7. The summed E-state index contributed by atoms with van der Waals surface area (Å²) in [5.41, 5.74) is 0.813. The minimum atomic E-state index is -0.832. The van der Waals surface area contributed by atoms with Gasteiger partial charge in [-0.05, 0) is 30.0 Å². The number of amides is 2. The van der Waals surface area contributed by atoms with Crippen LogP contribution in [-0.4, -0.2) is 46.5 Å². The van der Waals surface area contributed by atoms with E-state index in [0.717, 1.165) is 31.2 Å². The van der Waals surface area contributed by atoms with Gasteiger partial charge < -0.3 is 14.9 Å². The average molecular weight is 429 g/mol. The highest BCUT2D eigenvalue weighted by Gasteiger charge is 2.34. The maximum Gasteiger partial charge on any atom is 0.320 e. The van der Waals surface area contributed by atoms with Crippen LogP contribution in [0.25, 0.3) is 0 Å². The Bertz CT molecular complexity index is 684. The summed E-state index contributed by atoms with van der Waals surface area (Å²) in [6.45, 7) is 6.27. The normalized spacial score (nSPS) is 18.4. The number of carboxylic acid groups (broad SMARTS) is 1. The summed E-state index contributed by atoms with van der Waals surface area (Å²) in [5.74, 6) is -0.486. The molecule has 2 amide bonds. The summed E-state index contributed by atoms with van der Waals surface area (Å²) >= 11 is 12.3. The van der Waals surface area contributed by atoms with Crippen molar-refractivity contribution in [3.63, 3.8) is 0 Å². The molecule has 1 aliphatic rings. The maximum atomic E-state index is 13.1. The monoisotopic (exact) mass is 428 g/mol. The number of halogens is 2. The van der Waals surface area contributed by atoms with Crippen molar-refractivity contribution in [2.75, 3.05) is 19.6 Å². The van der Waals surface area contributed by atoms with E-state index in [9.17, 15) is 14.7 Å². The molecule has 2 unspecified atom stereocenters. The number of urea groups is 1. The van der Waals surface area contributed by atoms with E-state index in [1.54, 1.807) is 17.0 Å². The van der Waals surface area contributed by atoms with Crippen LogP contribution in [0.1, 0.15) is 51.5 Å². The van der Waals surface area contributed by atoms with Crippen molar-refractivity contribution in [3.8, 4) is 0 Å². The molecule has 2 atom stereocenters. The van der Waals surface area contributed by atoms with Gasteiger partial charge in [-0.3, -0.25) is 4.79 Å². The van der Waals surface area contributed by atoms with Gasteiger partial charge in [-0.15, -0.1) is 0 Å². The molecule has 0 aromatic heterocycles. The number of nitrogens with zero attached hydrogens (tertiary/aromatic N) is 2. The van der Waals surface area contributed by atoms with Gasteiger partial charge in [-0.1, -0.05) is 62.4 Å². The fraction of sp³-hybridized carbons (Fsp3) is 0.619. The topological polar surface area (TPSA) is 60.9 Å². The van der Waals surface area contributed by atoms with Crippen LogP contribution in [0.15, 0.2) is 18.2 Å². The third kappa shape index (κ3) is 6.56. The Morgan fingerprint density at radius 2 is 1.96 bits per heavy atom. The molecule has 1 aliphatic heterocycles. The molecule has 1 aromatic carbocycles. The predicted octanol–water partition coefficient (Wildman–Crippen LogP) is 5.54. The molecule has 0 saturated carbocycles. The molecular weight excluding hydrogens is 399 g/mol. The zero-order valence-corrected chi connectivity index (χ0v) is 18.2. The Balaban J connectivity index is 2.15. The number of rotatable bonds is 10. The first kappa shape index (κ1) is 22.8. The molecule has 156 valence electrons. The lowest BCUT2D eigenvalue weighted by Gasteiger charge is -2.41. The molecule has 1 aromatic rings. The van der Waals surface area contributed by atoms with Crippen LogP contribution in [0.5, 0.6) is 0 Å². The van der Waals surface area contributed by atoms with Gasteiger partial charge in [-0.2, -0.15) is 0 Å². The maximum absolute atomic E-state index is 13.1. The Morgan fingerprint density at radius 3 is 2.57 bits per heavy atom. The van der Waals surface area contributed by atoms with Gasteiger partial charge in [0.1, 0.15) is 0 Å². The first-order valence-corrected chi connectivity index (χ1v) is 10.8. The molecule has 7 heteroatoms. The molecule has 1 N–H and O–H groups in total. The number of hydrogen-bond donors (Lipinski definition) is 1. The molecule has 1 heterocycles. The lowest BCUT2D eigenvalue weighted by Crippen LogP contribution is -2.54. The quantitative estimate of drug-likeness (QED) is 0.531. The summed E-state index contributed by atoms with van der Waals surface area (Å²) in [4.78, 5) is 27.9. The van der Waals surface area contributed by atoms with Crippen LogP contribution >= 0.6 is 23.2 Å². The summed E-state index contributed by atoms with van der Waals surface area (Å²) in [6.07, 6.45) is 4.43. The van der Waals surface area contributed by atoms with Crippen LogP contribution in [0.2, 0.25) is 10.0 Å². The minimum absolute atomic E-state index is 0.0393. The van der Waals surface area contributed by atoms with Gasteiger partial charge in [0.25, 0.3) is 0 Å². The average Bonchev–Trinajstić information content (AvgIpc) is 2.63. The van der Waals surface area contributed by atoms with Gasteiger partial charge in [-0.25, -0.2) is 4.79 Å². The van der Waals surface area contributed by atoms with Gasteiger partial charge in [0.2, 0.25) is 0 Å². The summed E-state index contributed by atoms with van der Waals surface area (Å²) in [6, 6.07) is 5.19. The third-order valence-corrected chi connectivity index (χ3v) is 5.95. The van der Waals surface area contributed by atoms with Crippen molar-refractivity contribution < 1.29 is 14.7 Å². The Labute approximate surface area is 177 Å². The van der Waals surface area contributed by atoms with Gasteiger partial charge in [0.05, 0.1) is 6.42 Å². The van der Waals surface area contributed by atoms with Crippen molar-refractivity contribution in [3.05, 3.63) is 33.8 Å². The fourth-order valence-electron chi connectivity index (χ4n) is 3.78. The number of carboxylic acids is 1. The highest BCUT2D eigenvalue weighted by molar-refractivity contribution is 6.35. The van der Waals surface area contributed by atoms with E-state index < -0.39 is 5.97 Å². The highest BCUT2D eigenvalue weighted by Crippen LogP contribution is 2.26. The number of hydrogen-bond acceptors (Lipinski definition) is 2. The molecular formula is C21H30Cl2N2O3. The van der Waals surface area contributed by atoms with Crippen molar-refractivity contribution in [2.45, 2.75) is 52.5 Å². The zero-order chi connectivity index (χ0) is 20.7. The molecule has 0 spiro atoms. The smallest absolute Gasteiger partial charge is 0.320 e.